The minimum Gasteiger partial charge on any atom is -0.446 e. The molecule has 0 spiro atoms. The molecule has 19 heavy (non-hydrogen) atoms. The molecule has 1 saturated heterocycles. The molecule has 0 radical (unpaired) electrons. The highest BCUT2D eigenvalue weighted by molar-refractivity contribution is 5.66. The van der Waals surface area contributed by atoms with Crippen molar-refractivity contribution in [3.05, 3.63) is 0 Å². The van der Waals surface area contributed by atoms with Gasteiger partial charge in [-0.1, -0.05) is 20.8 Å². The Hall–Kier alpha value is -0.770. The fourth-order valence-corrected chi connectivity index (χ4v) is 3.35. The number of carbonyl (C=O) groups is 1. The lowest BCUT2D eigenvalue weighted by atomic mass is 9.68. The Morgan fingerprint density at radius 2 is 1.95 bits per heavy atom. The number of ether oxygens (including phenoxy) is 1. The Balaban J connectivity index is 3.05. The molecule has 112 valence electrons. The first-order valence-corrected chi connectivity index (χ1v) is 7.37. The topological polar surface area (TPSA) is 41.6 Å². The van der Waals surface area contributed by atoms with Gasteiger partial charge in [-0.15, -0.1) is 0 Å². The molecule has 1 aliphatic rings. The molecule has 0 aromatic heterocycles. The summed E-state index contributed by atoms with van der Waals surface area (Å²) in [4.78, 5) is 14.1. The summed E-state index contributed by atoms with van der Waals surface area (Å²) >= 11 is 0. The minimum absolute atomic E-state index is 0.0222. The molecule has 4 unspecified atom stereocenters. The summed E-state index contributed by atoms with van der Waals surface area (Å²) in [5.74, 6) is 0.319. The van der Waals surface area contributed by atoms with Crippen molar-refractivity contribution in [2.75, 3.05) is 14.1 Å². The van der Waals surface area contributed by atoms with Gasteiger partial charge in [0.05, 0.1) is 0 Å². The number of hydrogen-bond donors (Lipinski definition) is 1. The number of hydrogen-bond acceptors (Lipinski definition) is 3. The Morgan fingerprint density at radius 3 is 2.37 bits per heavy atom. The number of alkyl carbamates (subject to hydrolysis) is 1. The van der Waals surface area contributed by atoms with Crippen molar-refractivity contribution in [3.63, 3.8) is 0 Å². The van der Waals surface area contributed by atoms with E-state index >= 15 is 0 Å². The van der Waals surface area contributed by atoms with E-state index in [0.717, 1.165) is 19.3 Å². The summed E-state index contributed by atoms with van der Waals surface area (Å²) < 4.78 is 5.62. The van der Waals surface area contributed by atoms with E-state index in [0.29, 0.717) is 5.92 Å². The molecule has 0 aromatic rings. The van der Waals surface area contributed by atoms with E-state index in [-0.39, 0.29) is 23.3 Å². The predicted molar refractivity (Wildman–Crippen MR) is 78.3 cm³/mol. The van der Waals surface area contributed by atoms with Crippen molar-refractivity contribution < 1.29 is 9.53 Å². The van der Waals surface area contributed by atoms with Gasteiger partial charge in [-0.25, -0.2) is 4.79 Å². The van der Waals surface area contributed by atoms with Crippen molar-refractivity contribution >= 4 is 6.09 Å². The number of carbonyl (C=O) groups excluding carboxylic acids is 1. The fraction of sp³-hybridized carbons (Fsp3) is 0.933. The van der Waals surface area contributed by atoms with Crippen LogP contribution in [0.4, 0.5) is 4.79 Å². The van der Waals surface area contributed by atoms with Crippen molar-refractivity contribution in [2.24, 2.45) is 5.92 Å². The molecule has 1 rings (SSSR count). The number of rotatable bonds is 3. The third kappa shape index (κ3) is 2.73. The Bertz CT molecular complexity index is 334. The van der Waals surface area contributed by atoms with Gasteiger partial charge in [-0.05, 0) is 33.7 Å². The molecule has 1 amide bonds. The predicted octanol–water partition coefficient (Wildman–Crippen LogP) is 3.02. The number of piperidine rings is 1. The lowest BCUT2D eigenvalue weighted by Crippen LogP contribution is -2.66. The lowest BCUT2D eigenvalue weighted by molar-refractivity contribution is -0.124. The number of amides is 1. The summed E-state index contributed by atoms with van der Waals surface area (Å²) in [6.07, 6.45) is 2.65. The van der Waals surface area contributed by atoms with Crippen LogP contribution in [0.2, 0.25) is 0 Å². The van der Waals surface area contributed by atoms with Crippen LogP contribution in [0.5, 0.6) is 0 Å². The zero-order valence-electron chi connectivity index (χ0n) is 13.5. The molecule has 0 saturated carbocycles. The third-order valence-electron chi connectivity index (χ3n) is 5.70. The summed E-state index contributed by atoms with van der Waals surface area (Å²) in [7, 11) is 3.82. The molecule has 0 aromatic carbocycles. The normalized spacial score (nSPS) is 39.9. The van der Waals surface area contributed by atoms with Gasteiger partial charge < -0.3 is 10.1 Å². The van der Waals surface area contributed by atoms with E-state index in [9.17, 15) is 4.79 Å². The smallest absolute Gasteiger partial charge is 0.407 e. The first kappa shape index (κ1) is 16.3. The van der Waals surface area contributed by atoms with Gasteiger partial charge >= 0.3 is 6.09 Å². The van der Waals surface area contributed by atoms with E-state index in [4.69, 9.17) is 4.74 Å². The van der Waals surface area contributed by atoms with Gasteiger partial charge in [-0.2, -0.15) is 0 Å². The van der Waals surface area contributed by atoms with E-state index in [2.05, 4.69) is 51.9 Å². The maximum atomic E-state index is 11.6. The Labute approximate surface area is 117 Å². The van der Waals surface area contributed by atoms with Crippen molar-refractivity contribution in [2.45, 2.75) is 71.1 Å². The summed E-state index contributed by atoms with van der Waals surface area (Å²) in [5, 5.41) is 2.56. The highest BCUT2D eigenvalue weighted by Crippen LogP contribution is 2.45. The second kappa shape index (κ2) is 5.70. The van der Waals surface area contributed by atoms with Crippen molar-refractivity contribution in [1.82, 2.24) is 10.2 Å². The standard InChI is InChI=1S/C15H30N2O2/c1-8-14(4)10-12(19-13(18)16-6)11(3)15(5,9-2)17(14)7/h11-12H,8-10H2,1-7H3,(H,16,18). The highest BCUT2D eigenvalue weighted by Gasteiger charge is 2.52. The number of nitrogens with one attached hydrogen (secondary N) is 1. The van der Waals surface area contributed by atoms with Crippen LogP contribution in [-0.4, -0.2) is 42.3 Å². The molecule has 1 N–H and O–H groups in total. The SMILES string of the molecule is CCC1(C)CC(OC(=O)NC)C(C)C(C)(CC)N1C. The van der Waals surface area contributed by atoms with Gasteiger partial charge in [0, 0.05) is 30.5 Å². The number of nitrogens with zero attached hydrogens (tertiary/aromatic N) is 1. The average Bonchev–Trinajstić information content (AvgIpc) is 2.42. The lowest BCUT2D eigenvalue weighted by Gasteiger charge is -2.59. The molecule has 1 fully saturated rings. The highest BCUT2D eigenvalue weighted by atomic mass is 16.6. The molecular formula is C15H30N2O2. The van der Waals surface area contributed by atoms with Crippen LogP contribution in [0.1, 0.15) is 53.9 Å². The molecular weight excluding hydrogens is 240 g/mol. The molecule has 4 heteroatoms. The molecule has 0 bridgehead atoms. The summed E-state index contributed by atoms with van der Waals surface area (Å²) in [6, 6.07) is 0. The van der Waals surface area contributed by atoms with Crippen LogP contribution in [0.3, 0.4) is 0 Å². The van der Waals surface area contributed by atoms with Gasteiger partial charge in [0.2, 0.25) is 0 Å². The fourth-order valence-electron chi connectivity index (χ4n) is 3.35. The third-order valence-corrected chi connectivity index (χ3v) is 5.70. The summed E-state index contributed by atoms with van der Waals surface area (Å²) in [6.45, 7) is 11.2. The molecule has 1 heterocycles. The van der Waals surface area contributed by atoms with Crippen LogP contribution in [0, 0.1) is 5.92 Å². The zero-order valence-corrected chi connectivity index (χ0v) is 13.5. The molecule has 1 aliphatic heterocycles. The Morgan fingerprint density at radius 1 is 1.37 bits per heavy atom. The van der Waals surface area contributed by atoms with Crippen LogP contribution in [0.25, 0.3) is 0 Å². The van der Waals surface area contributed by atoms with Gasteiger partial charge in [0.1, 0.15) is 6.10 Å². The molecule has 4 atom stereocenters. The van der Waals surface area contributed by atoms with E-state index in [1.54, 1.807) is 7.05 Å². The van der Waals surface area contributed by atoms with Crippen molar-refractivity contribution in [3.8, 4) is 0 Å². The minimum atomic E-state index is -0.321. The van der Waals surface area contributed by atoms with Crippen LogP contribution in [0.15, 0.2) is 0 Å². The van der Waals surface area contributed by atoms with E-state index in [1.807, 2.05) is 0 Å². The van der Waals surface area contributed by atoms with Gasteiger partial charge in [0.15, 0.2) is 0 Å². The largest absolute Gasteiger partial charge is 0.446 e. The number of likely N-dealkylation sites (tertiary alicyclic amines) is 1. The van der Waals surface area contributed by atoms with E-state index in [1.165, 1.54) is 0 Å². The second-order valence-corrected chi connectivity index (χ2v) is 6.31. The second-order valence-electron chi connectivity index (χ2n) is 6.31. The maximum Gasteiger partial charge on any atom is 0.407 e. The molecule has 0 aliphatic carbocycles. The van der Waals surface area contributed by atoms with Gasteiger partial charge in [-0.3, -0.25) is 4.90 Å². The monoisotopic (exact) mass is 270 g/mol. The van der Waals surface area contributed by atoms with Crippen molar-refractivity contribution in [1.29, 1.82) is 0 Å². The first-order chi connectivity index (χ1) is 8.75. The van der Waals surface area contributed by atoms with E-state index < -0.39 is 0 Å². The Kier molecular flexibility index (Phi) is 4.88. The first-order valence-electron chi connectivity index (χ1n) is 7.37. The maximum absolute atomic E-state index is 11.6. The average molecular weight is 270 g/mol. The quantitative estimate of drug-likeness (QED) is 0.857. The van der Waals surface area contributed by atoms with Crippen LogP contribution in [-0.2, 0) is 4.74 Å². The summed E-state index contributed by atoms with van der Waals surface area (Å²) in [5.41, 5.74) is 0.137. The van der Waals surface area contributed by atoms with Crippen LogP contribution < -0.4 is 5.32 Å². The van der Waals surface area contributed by atoms with Gasteiger partial charge in [0.25, 0.3) is 0 Å². The molecule has 4 nitrogen and oxygen atoms in total. The van der Waals surface area contributed by atoms with Crippen LogP contribution >= 0.6 is 0 Å². The zero-order chi connectivity index (χ0) is 14.8.